The van der Waals surface area contributed by atoms with Gasteiger partial charge in [-0.15, -0.1) is 0 Å². The highest BCUT2D eigenvalue weighted by Gasteiger charge is 2.13. The average Bonchev–Trinajstić information content (AvgIpc) is 3.12. The molecule has 0 atom stereocenters. The van der Waals surface area contributed by atoms with Crippen molar-refractivity contribution in [2.45, 2.75) is 38.5 Å². The fraction of sp³-hybridized carbons (Fsp3) is 0.273. The van der Waals surface area contributed by atoms with Gasteiger partial charge >= 0.3 is 0 Å². The molecule has 0 unspecified atom stereocenters. The number of nitrogen functional groups attached to an aromatic ring is 1. The van der Waals surface area contributed by atoms with Crippen LogP contribution in [0.5, 0.6) is 0 Å². The molecule has 2 aromatic carbocycles. The topological polar surface area (TPSA) is 88.0 Å². The van der Waals surface area contributed by atoms with Crippen molar-refractivity contribution >= 4 is 45.6 Å². The van der Waals surface area contributed by atoms with Gasteiger partial charge in [0.2, 0.25) is 5.91 Å². The molecule has 1 amide bonds. The van der Waals surface area contributed by atoms with Crippen LogP contribution < -0.4 is 11.1 Å². The van der Waals surface area contributed by atoms with Crippen LogP contribution in [0.4, 0.5) is 11.4 Å². The third-order valence-corrected chi connectivity index (χ3v) is 5.07. The van der Waals surface area contributed by atoms with E-state index in [2.05, 4.69) is 10.3 Å². The summed E-state index contributed by atoms with van der Waals surface area (Å²) in [4.78, 5) is 27.5. The van der Waals surface area contributed by atoms with E-state index < -0.39 is 0 Å². The van der Waals surface area contributed by atoms with Crippen molar-refractivity contribution in [1.82, 2.24) is 4.98 Å². The highest BCUT2D eigenvalue weighted by Crippen LogP contribution is 2.26. The van der Waals surface area contributed by atoms with Crippen LogP contribution in [0.15, 0.2) is 48.7 Å². The number of rotatable bonds is 9. The van der Waals surface area contributed by atoms with Crippen molar-refractivity contribution in [1.29, 1.82) is 0 Å². The number of hydrogen-bond donors (Lipinski definition) is 3. The number of Topliss-reactive ketones (excluding diaryl/α,β-unsaturated/α-hetero) is 1. The number of benzene rings is 2. The number of carbonyl (C=O) groups excluding carboxylic acids is 2. The van der Waals surface area contributed by atoms with Crippen molar-refractivity contribution in [3.63, 3.8) is 0 Å². The van der Waals surface area contributed by atoms with E-state index >= 15 is 0 Å². The highest BCUT2D eigenvalue weighted by atomic mass is 35.5. The van der Waals surface area contributed by atoms with Gasteiger partial charge in [-0.25, -0.2) is 0 Å². The lowest BCUT2D eigenvalue weighted by Crippen LogP contribution is -2.12. The van der Waals surface area contributed by atoms with Crippen LogP contribution in [0.25, 0.3) is 10.9 Å². The van der Waals surface area contributed by atoms with Gasteiger partial charge in [-0.05, 0) is 31.0 Å². The predicted octanol–water partition coefficient (Wildman–Crippen LogP) is 5.57. The standard InChI is InChI=1S/C22H24ClN3O2/c23-17-9-7-8-15-16(14-25-22(15)17)20(27)12-3-1-2-4-13-21(28)26-19-11-6-5-10-18(19)24/h5-11,14,25H,1-4,12-13,24H2,(H,26,28). The van der Waals surface area contributed by atoms with Crippen molar-refractivity contribution in [3.8, 4) is 0 Å². The Labute approximate surface area is 169 Å². The van der Waals surface area contributed by atoms with Crippen molar-refractivity contribution in [2.24, 2.45) is 0 Å². The molecule has 0 saturated heterocycles. The number of para-hydroxylation sites is 3. The van der Waals surface area contributed by atoms with Gasteiger partial charge in [0.25, 0.3) is 0 Å². The zero-order valence-electron chi connectivity index (χ0n) is 15.6. The van der Waals surface area contributed by atoms with Crippen molar-refractivity contribution < 1.29 is 9.59 Å². The Bertz CT molecular complexity index is 981. The van der Waals surface area contributed by atoms with E-state index in [1.165, 1.54) is 0 Å². The van der Waals surface area contributed by atoms with Gasteiger partial charge in [0.15, 0.2) is 5.78 Å². The van der Waals surface area contributed by atoms with Crippen LogP contribution >= 0.6 is 11.6 Å². The molecule has 0 spiro atoms. The number of aromatic amines is 1. The summed E-state index contributed by atoms with van der Waals surface area (Å²) < 4.78 is 0. The summed E-state index contributed by atoms with van der Waals surface area (Å²) in [6.45, 7) is 0. The Morgan fingerprint density at radius 2 is 1.71 bits per heavy atom. The van der Waals surface area contributed by atoms with Gasteiger partial charge in [0.1, 0.15) is 0 Å². The molecule has 0 bridgehead atoms. The molecule has 0 fully saturated rings. The van der Waals surface area contributed by atoms with Gasteiger partial charge in [0, 0.05) is 30.0 Å². The second-order valence-corrected chi connectivity index (χ2v) is 7.24. The minimum absolute atomic E-state index is 0.0374. The van der Waals surface area contributed by atoms with E-state index in [4.69, 9.17) is 17.3 Å². The largest absolute Gasteiger partial charge is 0.397 e. The van der Waals surface area contributed by atoms with Gasteiger partial charge < -0.3 is 16.0 Å². The lowest BCUT2D eigenvalue weighted by atomic mass is 10.0. The highest BCUT2D eigenvalue weighted by molar-refractivity contribution is 6.35. The Balaban J connectivity index is 1.36. The summed E-state index contributed by atoms with van der Waals surface area (Å²) in [5.74, 6) is 0.0791. The molecule has 4 N–H and O–H groups in total. The van der Waals surface area contributed by atoms with Crippen LogP contribution in [-0.4, -0.2) is 16.7 Å². The first-order chi connectivity index (χ1) is 13.6. The summed E-state index contributed by atoms with van der Waals surface area (Å²) in [6, 6.07) is 12.8. The molecular weight excluding hydrogens is 374 g/mol. The Morgan fingerprint density at radius 3 is 2.50 bits per heavy atom. The molecule has 0 aliphatic heterocycles. The second-order valence-electron chi connectivity index (χ2n) is 6.84. The van der Waals surface area contributed by atoms with Crippen LogP contribution in [0, 0.1) is 0 Å². The van der Waals surface area contributed by atoms with Crippen LogP contribution in [0.1, 0.15) is 48.9 Å². The van der Waals surface area contributed by atoms with E-state index in [1.807, 2.05) is 24.3 Å². The number of nitrogens with two attached hydrogens (primary N) is 1. The summed E-state index contributed by atoms with van der Waals surface area (Å²) in [5, 5.41) is 4.31. The first kappa shape index (κ1) is 20.0. The molecule has 6 heteroatoms. The molecule has 146 valence electrons. The number of halogens is 1. The van der Waals surface area contributed by atoms with E-state index in [-0.39, 0.29) is 11.7 Å². The monoisotopic (exact) mass is 397 g/mol. The Hall–Kier alpha value is -2.79. The number of aromatic nitrogens is 1. The minimum Gasteiger partial charge on any atom is -0.397 e. The number of unbranched alkanes of at least 4 members (excludes halogenated alkanes) is 3. The molecule has 3 aromatic rings. The predicted molar refractivity (Wildman–Crippen MR) is 115 cm³/mol. The van der Waals surface area contributed by atoms with Crippen LogP contribution in [-0.2, 0) is 4.79 Å². The third kappa shape index (κ3) is 4.93. The molecule has 0 radical (unpaired) electrons. The van der Waals surface area contributed by atoms with Crippen LogP contribution in [0.2, 0.25) is 5.02 Å². The zero-order valence-corrected chi connectivity index (χ0v) is 16.4. The van der Waals surface area contributed by atoms with Gasteiger partial charge in [-0.3, -0.25) is 9.59 Å². The Morgan fingerprint density at radius 1 is 0.964 bits per heavy atom. The zero-order chi connectivity index (χ0) is 19.9. The number of nitrogens with one attached hydrogen (secondary N) is 2. The second kappa shape index (κ2) is 9.42. The summed E-state index contributed by atoms with van der Waals surface area (Å²) in [6.07, 6.45) is 6.09. The summed E-state index contributed by atoms with van der Waals surface area (Å²) in [7, 11) is 0. The number of hydrogen-bond acceptors (Lipinski definition) is 3. The van der Waals surface area contributed by atoms with Gasteiger partial charge in [-0.2, -0.15) is 0 Å². The molecule has 1 heterocycles. The maximum Gasteiger partial charge on any atom is 0.224 e. The number of carbonyl (C=O) groups is 2. The van der Waals surface area contributed by atoms with Crippen molar-refractivity contribution in [3.05, 3.63) is 59.2 Å². The summed E-state index contributed by atoms with van der Waals surface area (Å²) >= 11 is 6.14. The number of fused-ring (bicyclic) bond motifs is 1. The number of H-pyrrole nitrogens is 1. The van der Waals surface area contributed by atoms with Gasteiger partial charge in [-0.1, -0.05) is 48.7 Å². The maximum absolute atomic E-state index is 12.5. The molecule has 5 nitrogen and oxygen atoms in total. The molecule has 28 heavy (non-hydrogen) atoms. The molecular formula is C22H24ClN3O2. The Kier molecular flexibility index (Phi) is 6.71. The van der Waals surface area contributed by atoms with E-state index in [0.29, 0.717) is 34.8 Å². The summed E-state index contributed by atoms with van der Waals surface area (Å²) in [5.41, 5.74) is 8.53. The quantitative estimate of drug-likeness (QED) is 0.250. The maximum atomic E-state index is 12.5. The normalized spacial score (nSPS) is 10.9. The number of anilines is 2. The van der Waals surface area contributed by atoms with Gasteiger partial charge in [0.05, 0.1) is 21.9 Å². The van der Waals surface area contributed by atoms with E-state index in [9.17, 15) is 9.59 Å². The molecule has 1 aromatic heterocycles. The third-order valence-electron chi connectivity index (χ3n) is 4.76. The van der Waals surface area contributed by atoms with Crippen LogP contribution in [0.3, 0.4) is 0 Å². The number of amides is 1. The fourth-order valence-corrected chi connectivity index (χ4v) is 3.46. The smallest absolute Gasteiger partial charge is 0.224 e. The van der Waals surface area contributed by atoms with E-state index in [0.717, 1.165) is 36.6 Å². The SMILES string of the molecule is Nc1ccccc1NC(=O)CCCCCCC(=O)c1c[nH]c2c(Cl)cccc12. The minimum atomic E-state index is -0.0374. The fourth-order valence-electron chi connectivity index (χ4n) is 3.23. The lowest BCUT2D eigenvalue weighted by Gasteiger charge is -2.07. The first-order valence-electron chi connectivity index (χ1n) is 9.49. The lowest BCUT2D eigenvalue weighted by molar-refractivity contribution is -0.116. The number of ketones is 1. The molecule has 0 aliphatic carbocycles. The average molecular weight is 398 g/mol. The molecule has 0 aliphatic rings. The molecule has 3 rings (SSSR count). The molecule has 0 saturated carbocycles. The van der Waals surface area contributed by atoms with E-state index in [1.54, 1.807) is 24.4 Å². The van der Waals surface area contributed by atoms with Crippen molar-refractivity contribution in [2.75, 3.05) is 11.1 Å². The first-order valence-corrected chi connectivity index (χ1v) is 9.87.